The Morgan fingerprint density at radius 1 is 0.724 bits per heavy atom. The summed E-state index contributed by atoms with van der Waals surface area (Å²) in [6, 6.07) is 27.8. The van der Waals surface area contributed by atoms with Gasteiger partial charge in [0.15, 0.2) is 0 Å². The van der Waals surface area contributed by atoms with Crippen LogP contribution >= 0.6 is 0 Å². The van der Waals surface area contributed by atoms with Gasteiger partial charge < -0.3 is 24.6 Å². The Balaban J connectivity index is 0.706. The van der Waals surface area contributed by atoms with E-state index in [1.54, 1.807) is 12.4 Å². The third kappa shape index (κ3) is 5.63. The number of anilines is 2. The van der Waals surface area contributed by atoms with Gasteiger partial charge in [0, 0.05) is 93.3 Å². The molecule has 1 N–H and O–H groups in total. The molecule has 9 heterocycles. The van der Waals surface area contributed by atoms with Crippen LogP contribution in [0.15, 0.2) is 97.6 Å². The number of benzene rings is 2. The van der Waals surface area contributed by atoms with E-state index >= 15 is 0 Å². The molecule has 58 heavy (non-hydrogen) atoms. The van der Waals surface area contributed by atoms with Crippen molar-refractivity contribution < 1.29 is 9.47 Å². The lowest BCUT2D eigenvalue weighted by molar-refractivity contribution is 0.185. The molecule has 5 aliphatic heterocycles. The van der Waals surface area contributed by atoms with E-state index in [4.69, 9.17) is 19.4 Å². The molecule has 0 spiro atoms. The molecule has 13 rings (SSSR count). The molecular weight excluding hydrogens is 725 g/mol. The number of nitrogens with zero attached hydrogens (tertiary/aromatic N) is 9. The lowest BCUT2D eigenvalue weighted by Crippen LogP contribution is -2.52. The second kappa shape index (κ2) is 13.4. The van der Waals surface area contributed by atoms with Crippen molar-refractivity contribution in [1.82, 2.24) is 39.7 Å². The average Bonchev–Trinajstić information content (AvgIpc) is 3.72. The minimum atomic E-state index is 0.457. The van der Waals surface area contributed by atoms with Crippen molar-refractivity contribution >= 4 is 11.6 Å². The highest BCUT2D eigenvalue weighted by Crippen LogP contribution is 2.52. The van der Waals surface area contributed by atoms with Crippen molar-refractivity contribution in [3.8, 4) is 45.4 Å². The molecule has 7 atom stereocenters. The van der Waals surface area contributed by atoms with Crippen LogP contribution in [0, 0.1) is 17.8 Å². The van der Waals surface area contributed by atoms with Gasteiger partial charge in [-0.3, -0.25) is 4.90 Å². The predicted molar refractivity (Wildman–Crippen MR) is 223 cm³/mol. The Morgan fingerprint density at radius 3 is 1.93 bits per heavy atom. The van der Waals surface area contributed by atoms with Crippen LogP contribution in [0.3, 0.4) is 0 Å². The van der Waals surface area contributed by atoms with Crippen LogP contribution in [0.5, 0.6) is 11.8 Å². The largest absolute Gasteiger partial charge is 0.472 e. The van der Waals surface area contributed by atoms with Crippen LogP contribution in [0.25, 0.3) is 33.6 Å². The zero-order valence-electron chi connectivity index (χ0n) is 33.0. The number of nitrogens with one attached hydrogen (secondary N) is 1. The molecule has 2 saturated carbocycles. The van der Waals surface area contributed by atoms with Crippen molar-refractivity contribution in [2.45, 2.75) is 63.6 Å². The molecule has 2 aliphatic carbocycles. The van der Waals surface area contributed by atoms with Crippen LogP contribution in [-0.2, 0) is 13.2 Å². The van der Waals surface area contributed by atoms with E-state index < -0.39 is 0 Å². The first-order chi connectivity index (χ1) is 28.6. The first-order valence-corrected chi connectivity index (χ1v) is 21.1. The summed E-state index contributed by atoms with van der Waals surface area (Å²) >= 11 is 0. The maximum atomic E-state index is 6.33. The molecule has 7 aliphatic rings. The van der Waals surface area contributed by atoms with Gasteiger partial charge in [0.05, 0.1) is 11.4 Å². The molecule has 6 aromatic rings. The zero-order valence-corrected chi connectivity index (χ0v) is 33.0. The van der Waals surface area contributed by atoms with Gasteiger partial charge in [-0.2, -0.15) is 20.2 Å². The highest BCUT2D eigenvalue weighted by molar-refractivity contribution is 5.77. The summed E-state index contributed by atoms with van der Waals surface area (Å²) in [4.78, 5) is 18.1. The van der Waals surface area contributed by atoms with E-state index in [0.29, 0.717) is 55.1 Å². The molecule has 0 amide bonds. The molecule has 3 saturated heterocycles. The lowest BCUT2D eigenvalue weighted by Gasteiger charge is -2.41. The number of aromatic nitrogens is 6. The monoisotopic (exact) mass is 772 g/mol. The number of rotatable bonds is 8. The maximum absolute atomic E-state index is 6.33. The minimum Gasteiger partial charge on any atom is -0.472 e. The van der Waals surface area contributed by atoms with Gasteiger partial charge in [-0.25, -0.2) is 9.36 Å². The second-order valence-electron chi connectivity index (χ2n) is 17.2. The van der Waals surface area contributed by atoms with E-state index in [0.717, 1.165) is 76.5 Å². The number of pyridine rings is 2. The molecule has 5 fully saturated rings. The normalized spacial score (nSPS) is 26.3. The number of fused-ring (bicyclic) bond motifs is 11. The number of hydrogen-bond acceptors (Lipinski definition) is 10. The van der Waals surface area contributed by atoms with E-state index in [1.165, 1.54) is 37.1 Å². The molecule has 0 radical (unpaired) electrons. The number of hydrogen-bond donors (Lipinski definition) is 1. The van der Waals surface area contributed by atoms with Gasteiger partial charge in [-0.15, -0.1) is 0 Å². The first-order valence-electron chi connectivity index (χ1n) is 21.1. The third-order valence-electron chi connectivity index (χ3n) is 14.1. The quantitative estimate of drug-likeness (QED) is 0.188. The Hall–Kier alpha value is -5.72. The standard InChI is InChI=1S/C46H48N10O2/c1-3-54(43-13-11-38-36-9-7-33(56-17-5-15-49-56)20-30(36)27-58-46(38)51-43)41-22-31-21-34(18-28(41)23-47-31)53-24-39-40(25-53)44(39)52(2)42-12-10-37-35-8-6-32(55-16-4-14-48-55)19-29(35)26-57-45(37)50-42/h4-17,19-20,28,31,34,39-41,44,47H,3,18,21-27H2,1-2H3/t28-,31-,34?,39-,40+,41+,44?/m1/s1. The van der Waals surface area contributed by atoms with Gasteiger partial charge in [0.2, 0.25) is 11.8 Å². The summed E-state index contributed by atoms with van der Waals surface area (Å²) in [5, 5.41) is 12.7. The lowest BCUT2D eigenvalue weighted by atomic mass is 9.88. The van der Waals surface area contributed by atoms with E-state index in [9.17, 15) is 0 Å². The Morgan fingerprint density at radius 2 is 1.33 bits per heavy atom. The molecule has 294 valence electrons. The summed E-state index contributed by atoms with van der Waals surface area (Å²) in [6.07, 6.45) is 11.1. The smallest absolute Gasteiger partial charge is 0.223 e. The molecule has 4 aromatic heterocycles. The molecule has 2 aromatic carbocycles. The van der Waals surface area contributed by atoms with Gasteiger partial charge in [-0.1, -0.05) is 12.1 Å². The third-order valence-corrected chi connectivity index (χ3v) is 14.1. The Labute approximate surface area is 338 Å². The topological polar surface area (TPSA) is 102 Å². The summed E-state index contributed by atoms with van der Waals surface area (Å²) in [6.45, 7) is 7.65. The average molecular weight is 773 g/mol. The summed E-state index contributed by atoms with van der Waals surface area (Å²) in [5.74, 6) is 5.45. The van der Waals surface area contributed by atoms with Crippen molar-refractivity contribution in [3.63, 3.8) is 0 Å². The fraction of sp³-hybridized carbons (Fsp3) is 0.391. The fourth-order valence-corrected chi connectivity index (χ4v) is 11.2. The maximum Gasteiger partial charge on any atom is 0.223 e. The van der Waals surface area contributed by atoms with Crippen LogP contribution in [-0.4, -0.2) is 91.8 Å². The molecule has 12 heteroatoms. The summed E-state index contributed by atoms with van der Waals surface area (Å²) in [7, 11) is 2.23. The number of ether oxygens (including phenoxy) is 2. The number of piperidine rings is 2. The molecular formula is C46H48N10O2. The molecule has 2 unspecified atom stereocenters. The van der Waals surface area contributed by atoms with Crippen molar-refractivity contribution in [2.75, 3.05) is 43.0 Å². The van der Waals surface area contributed by atoms with E-state index in [2.05, 4.69) is 105 Å². The Kier molecular flexibility index (Phi) is 7.94. The molecule has 2 bridgehead atoms. The van der Waals surface area contributed by atoms with E-state index in [1.807, 2.05) is 33.9 Å². The van der Waals surface area contributed by atoms with Gasteiger partial charge in [0.25, 0.3) is 0 Å². The van der Waals surface area contributed by atoms with E-state index in [-0.39, 0.29) is 0 Å². The van der Waals surface area contributed by atoms with Crippen LogP contribution in [0.2, 0.25) is 0 Å². The fourth-order valence-electron chi connectivity index (χ4n) is 11.2. The van der Waals surface area contributed by atoms with Crippen LogP contribution < -0.4 is 24.6 Å². The predicted octanol–water partition coefficient (Wildman–Crippen LogP) is 6.37. The first kappa shape index (κ1) is 34.3. The van der Waals surface area contributed by atoms with Gasteiger partial charge >= 0.3 is 0 Å². The molecule has 12 nitrogen and oxygen atoms in total. The number of likely N-dealkylation sites (tertiary alicyclic amines) is 1. The second-order valence-corrected chi connectivity index (χ2v) is 17.2. The van der Waals surface area contributed by atoms with Crippen molar-refractivity contribution in [3.05, 3.63) is 109 Å². The minimum absolute atomic E-state index is 0.457. The van der Waals surface area contributed by atoms with Gasteiger partial charge in [-0.05, 0) is 127 Å². The Bertz CT molecular complexity index is 2490. The van der Waals surface area contributed by atoms with Gasteiger partial charge in [0.1, 0.15) is 24.8 Å². The van der Waals surface area contributed by atoms with Crippen LogP contribution in [0.4, 0.5) is 11.6 Å². The summed E-state index contributed by atoms with van der Waals surface area (Å²) < 4.78 is 16.4. The van der Waals surface area contributed by atoms with Crippen LogP contribution in [0.1, 0.15) is 37.3 Å². The highest BCUT2D eigenvalue weighted by atomic mass is 16.5. The van der Waals surface area contributed by atoms with Crippen molar-refractivity contribution in [1.29, 1.82) is 0 Å². The highest BCUT2D eigenvalue weighted by Gasteiger charge is 2.59. The SMILES string of the molecule is CCN(c1ccc2c(n1)OCc1cc(-n3cccn3)ccc1-2)[C@H]1C[C@H]2CC(N3C[C@@H]4C(N(C)c5ccc6c(n5)OCc5cc(-n7cccn7)ccc5-6)[C@@H]4C3)C[C@@H]1CN2. The summed E-state index contributed by atoms with van der Waals surface area (Å²) in [5.41, 5.74) is 8.91. The zero-order chi connectivity index (χ0) is 38.5. The van der Waals surface area contributed by atoms with Crippen molar-refractivity contribution in [2.24, 2.45) is 17.8 Å².